The van der Waals surface area contributed by atoms with Crippen LogP contribution >= 0.6 is 0 Å². The Labute approximate surface area is 121 Å². The zero-order valence-electron chi connectivity index (χ0n) is 12.2. The van der Waals surface area contributed by atoms with Crippen LogP contribution in [0.5, 0.6) is 0 Å². The molecule has 0 unspecified atom stereocenters. The minimum absolute atomic E-state index is 0.228. The van der Waals surface area contributed by atoms with Crippen molar-refractivity contribution in [3.8, 4) is 0 Å². The number of hydrogen-bond acceptors (Lipinski definition) is 5. The number of hydrogen-bond donors (Lipinski definition) is 1. The lowest BCUT2D eigenvalue weighted by atomic mass is 10.2. The first kappa shape index (κ1) is 15.3. The van der Waals surface area contributed by atoms with Crippen molar-refractivity contribution < 1.29 is 8.42 Å². The van der Waals surface area contributed by atoms with E-state index in [-0.39, 0.29) is 11.5 Å². The van der Waals surface area contributed by atoms with Crippen LogP contribution in [-0.2, 0) is 16.4 Å². The van der Waals surface area contributed by atoms with Crippen LogP contribution in [-0.4, -0.2) is 44.5 Å². The van der Waals surface area contributed by atoms with Gasteiger partial charge in [0, 0.05) is 25.3 Å². The molecule has 0 aliphatic carbocycles. The largest absolute Gasteiger partial charge is 0.355 e. The van der Waals surface area contributed by atoms with Gasteiger partial charge in [-0.2, -0.15) is 0 Å². The monoisotopic (exact) mass is 297 g/mol. The molecule has 0 amide bonds. The van der Waals surface area contributed by atoms with Crippen molar-refractivity contribution in [1.82, 2.24) is 10.3 Å². The van der Waals surface area contributed by atoms with Crippen LogP contribution in [0.4, 0.5) is 5.82 Å². The highest BCUT2D eigenvalue weighted by molar-refractivity contribution is 7.91. The molecule has 20 heavy (non-hydrogen) atoms. The molecule has 1 fully saturated rings. The van der Waals surface area contributed by atoms with Gasteiger partial charge in [0.15, 0.2) is 9.84 Å². The Hall–Kier alpha value is -1.14. The summed E-state index contributed by atoms with van der Waals surface area (Å²) in [6, 6.07) is 4.14. The van der Waals surface area contributed by atoms with Crippen molar-refractivity contribution in [3.05, 3.63) is 23.4 Å². The number of anilines is 1. The van der Waals surface area contributed by atoms with E-state index in [9.17, 15) is 8.42 Å². The minimum Gasteiger partial charge on any atom is -0.355 e. The Morgan fingerprint density at radius 2 is 2.00 bits per heavy atom. The van der Waals surface area contributed by atoms with Gasteiger partial charge in [0.05, 0.1) is 11.5 Å². The molecule has 0 spiro atoms. The second-order valence-electron chi connectivity index (χ2n) is 5.29. The molecule has 1 aliphatic heterocycles. The molecule has 2 rings (SSSR count). The number of nitrogens with zero attached hydrogens (tertiary/aromatic N) is 2. The van der Waals surface area contributed by atoms with E-state index in [0.29, 0.717) is 13.1 Å². The summed E-state index contributed by atoms with van der Waals surface area (Å²) in [4.78, 5) is 6.60. The Kier molecular flexibility index (Phi) is 4.99. The molecule has 0 aromatic carbocycles. The van der Waals surface area contributed by atoms with Crippen LogP contribution in [0.1, 0.15) is 24.6 Å². The smallest absolute Gasteiger partial charge is 0.153 e. The van der Waals surface area contributed by atoms with Gasteiger partial charge in [-0.1, -0.05) is 6.92 Å². The minimum atomic E-state index is -2.84. The second kappa shape index (κ2) is 6.54. The Balaban J connectivity index is 2.08. The van der Waals surface area contributed by atoms with Crippen molar-refractivity contribution in [2.45, 2.75) is 26.8 Å². The van der Waals surface area contributed by atoms with Gasteiger partial charge >= 0.3 is 0 Å². The van der Waals surface area contributed by atoms with Gasteiger partial charge in [-0.25, -0.2) is 13.4 Å². The van der Waals surface area contributed by atoms with E-state index in [1.54, 1.807) is 0 Å². The molecule has 1 aromatic heterocycles. The van der Waals surface area contributed by atoms with Gasteiger partial charge in [0.25, 0.3) is 0 Å². The molecule has 1 aliphatic rings. The topological polar surface area (TPSA) is 62.3 Å². The molecule has 0 saturated carbocycles. The van der Waals surface area contributed by atoms with Gasteiger partial charge in [-0.05, 0) is 37.6 Å². The highest BCUT2D eigenvalue weighted by atomic mass is 32.2. The molecular weight excluding hydrogens is 274 g/mol. The van der Waals surface area contributed by atoms with E-state index in [4.69, 9.17) is 0 Å². The number of aromatic nitrogens is 1. The summed E-state index contributed by atoms with van der Waals surface area (Å²) in [5, 5.41) is 3.38. The summed E-state index contributed by atoms with van der Waals surface area (Å²) in [5.41, 5.74) is 2.18. The van der Waals surface area contributed by atoms with Crippen LogP contribution in [0.25, 0.3) is 0 Å². The van der Waals surface area contributed by atoms with Crippen LogP contribution in [0.15, 0.2) is 12.1 Å². The van der Waals surface area contributed by atoms with Crippen LogP contribution in [0.3, 0.4) is 0 Å². The van der Waals surface area contributed by atoms with Gasteiger partial charge in [-0.15, -0.1) is 0 Å². The van der Waals surface area contributed by atoms with Gasteiger partial charge in [0.2, 0.25) is 0 Å². The average Bonchev–Trinajstić information content (AvgIpc) is 2.38. The van der Waals surface area contributed by atoms with E-state index in [1.165, 1.54) is 5.56 Å². The van der Waals surface area contributed by atoms with E-state index in [1.807, 2.05) is 6.92 Å². The fourth-order valence-electron chi connectivity index (χ4n) is 2.34. The summed E-state index contributed by atoms with van der Waals surface area (Å²) in [6.45, 7) is 7.04. The molecule has 5 nitrogen and oxygen atoms in total. The SMILES string of the molecule is CCCNCc1cc(C)nc(N2CCS(=O)(=O)CC2)c1. The van der Waals surface area contributed by atoms with Gasteiger partial charge < -0.3 is 10.2 Å². The predicted octanol–water partition coefficient (Wildman–Crippen LogP) is 1.12. The van der Waals surface area contributed by atoms with Crippen molar-refractivity contribution in [3.63, 3.8) is 0 Å². The maximum Gasteiger partial charge on any atom is 0.153 e. The van der Waals surface area contributed by atoms with Crippen molar-refractivity contribution >= 4 is 15.7 Å². The van der Waals surface area contributed by atoms with Crippen LogP contribution in [0, 0.1) is 6.92 Å². The van der Waals surface area contributed by atoms with Crippen molar-refractivity contribution in [2.75, 3.05) is 36.0 Å². The third-order valence-corrected chi connectivity index (χ3v) is 5.03. The number of aryl methyl sites for hydroxylation is 1. The van der Waals surface area contributed by atoms with E-state index in [0.717, 1.165) is 31.0 Å². The summed E-state index contributed by atoms with van der Waals surface area (Å²) in [6.07, 6.45) is 1.11. The quantitative estimate of drug-likeness (QED) is 0.825. The standard InChI is InChI=1S/C14H23N3O2S/c1-3-4-15-11-13-9-12(2)16-14(10-13)17-5-7-20(18,19)8-6-17/h9-10,15H,3-8,11H2,1-2H3. The first-order valence-electron chi connectivity index (χ1n) is 7.14. The predicted molar refractivity (Wildman–Crippen MR) is 81.8 cm³/mol. The number of sulfone groups is 1. The van der Waals surface area contributed by atoms with E-state index >= 15 is 0 Å². The number of pyridine rings is 1. The number of rotatable bonds is 5. The third kappa shape index (κ3) is 4.18. The molecule has 0 radical (unpaired) electrons. The molecule has 112 valence electrons. The Morgan fingerprint density at radius 3 is 2.65 bits per heavy atom. The lowest BCUT2D eigenvalue weighted by molar-refractivity contribution is 0.586. The summed E-state index contributed by atoms with van der Waals surface area (Å²) < 4.78 is 23.0. The summed E-state index contributed by atoms with van der Waals surface area (Å²) >= 11 is 0. The lowest BCUT2D eigenvalue weighted by Crippen LogP contribution is -2.40. The number of nitrogens with one attached hydrogen (secondary N) is 1. The highest BCUT2D eigenvalue weighted by Crippen LogP contribution is 2.17. The summed E-state index contributed by atoms with van der Waals surface area (Å²) in [5.74, 6) is 1.35. The average molecular weight is 297 g/mol. The molecule has 1 N–H and O–H groups in total. The third-order valence-electron chi connectivity index (χ3n) is 3.42. The fourth-order valence-corrected chi connectivity index (χ4v) is 3.54. The molecule has 0 bridgehead atoms. The zero-order valence-corrected chi connectivity index (χ0v) is 13.0. The van der Waals surface area contributed by atoms with Crippen molar-refractivity contribution in [2.24, 2.45) is 0 Å². The lowest BCUT2D eigenvalue weighted by Gasteiger charge is -2.28. The maximum atomic E-state index is 11.5. The van der Waals surface area contributed by atoms with Gasteiger partial charge in [0.1, 0.15) is 5.82 Å². The van der Waals surface area contributed by atoms with E-state index < -0.39 is 9.84 Å². The second-order valence-corrected chi connectivity index (χ2v) is 7.59. The Morgan fingerprint density at radius 1 is 1.30 bits per heavy atom. The van der Waals surface area contributed by atoms with Crippen LogP contribution < -0.4 is 10.2 Å². The summed E-state index contributed by atoms with van der Waals surface area (Å²) in [7, 11) is -2.84. The van der Waals surface area contributed by atoms with Crippen molar-refractivity contribution in [1.29, 1.82) is 0 Å². The maximum absolute atomic E-state index is 11.5. The van der Waals surface area contributed by atoms with Crippen LogP contribution in [0.2, 0.25) is 0 Å². The fraction of sp³-hybridized carbons (Fsp3) is 0.643. The van der Waals surface area contributed by atoms with Gasteiger partial charge in [-0.3, -0.25) is 0 Å². The molecule has 1 saturated heterocycles. The molecule has 0 atom stereocenters. The first-order chi connectivity index (χ1) is 9.50. The Bertz CT molecular complexity index is 544. The first-order valence-corrected chi connectivity index (χ1v) is 8.96. The molecule has 2 heterocycles. The van der Waals surface area contributed by atoms with E-state index in [2.05, 4.69) is 34.3 Å². The zero-order chi connectivity index (χ0) is 14.6. The normalized spacial score (nSPS) is 18.2. The molecular formula is C14H23N3O2S. The molecule has 1 aromatic rings. The highest BCUT2D eigenvalue weighted by Gasteiger charge is 2.22. The molecule has 6 heteroatoms.